The predicted molar refractivity (Wildman–Crippen MR) is 74.2 cm³/mol. The molecule has 0 aromatic heterocycles. The van der Waals surface area contributed by atoms with Crippen LogP contribution >= 0.6 is 23.2 Å². The van der Waals surface area contributed by atoms with E-state index >= 15 is 0 Å². The number of alkyl halides is 1. The lowest BCUT2D eigenvalue weighted by atomic mass is 9.84. The Morgan fingerprint density at radius 1 is 1.35 bits per heavy atom. The van der Waals surface area contributed by atoms with E-state index in [4.69, 9.17) is 23.2 Å². The van der Waals surface area contributed by atoms with Crippen LogP contribution in [0.3, 0.4) is 0 Å². The third-order valence-corrected chi connectivity index (χ3v) is 3.24. The molecule has 0 saturated carbocycles. The van der Waals surface area contributed by atoms with Crippen LogP contribution in [0.25, 0.3) is 0 Å². The van der Waals surface area contributed by atoms with Crippen LogP contribution in [0, 0.1) is 6.92 Å². The number of anilines is 1. The summed E-state index contributed by atoms with van der Waals surface area (Å²) in [6.07, 6.45) is 0. The molecule has 0 aliphatic carbocycles. The number of benzene rings is 1. The molecule has 1 aromatic rings. The van der Waals surface area contributed by atoms with Gasteiger partial charge in [-0.25, -0.2) is 0 Å². The van der Waals surface area contributed by atoms with Crippen molar-refractivity contribution in [2.45, 2.75) is 33.1 Å². The van der Waals surface area contributed by atoms with Gasteiger partial charge in [0.2, 0.25) is 5.91 Å². The second-order valence-corrected chi connectivity index (χ2v) is 5.70. The molecule has 0 heterocycles. The van der Waals surface area contributed by atoms with E-state index in [9.17, 15) is 4.79 Å². The minimum absolute atomic E-state index is 0.0600. The zero-order chi connectivity index (χ0) is 13.2. The second-order valence-electron chi connectivity index (χ2n) is 5.03. The van der Waals surface area contributed by atoms with Gasteiger partial charge in [0.25, 0.3) is 0 Å². The maximum atomic E-state index is 11.4. The van der Waals surface area contributed by atoms with Crippen LogP contribution in [0.15, 0.2) is 12.1 Å². The van der Waals surface area contributed by atoms with Crippen molar-refractivity contribution in [3.05, 3.63) is 28.3 Å². The first kappa shape index (κ1) is 14.3. The molecular formula is C13H17Cl2NO. The van der Waals surface area contributed by atoms with Crippen molar-refractivity contribution in [2.24, 2.45) is 0 Å². The van der Waals surface area contributed by atoms with Crippen LogP contribution in [-0.4, -0.2) is 11.8 Å². The summed E-state index contributed by atoms with van der Waals surface area (Å²) < 4.78 is 0. The van der Waals surface area contributed by atoms with E-state index in [-0.39, 0.29) is 17.2 Å². The molecule has 2 nitrogen and oxygen atoms in total. The Morgan fingerprint density at radius 3 is 2.41 bits per heavy atom. The van der Waals surface area contributed by atoms with E-state index in [1.807, 2.05) is 19.1 Å². The van der Waals surface area contributed by atoms with Crippen LogP contribution in [0.1, 0.15) is 31.9 Å². The minimum Gasteiger partial charge on any atom is -0.324 e. The molecule has 0 aliphatic heterocycles. The molecule has 94 valence electrons. The van der Waals surface area contributed by atoms with Crippen LogP contribution in [0.5, 0.6) is 0 Å². The van der Waals surface area contributed by atoms with E-state index < -0.39 is 0 Å². The van der Waals surface area contributed by atoms with Crippen molar-refractivity contribution < 1.29 is 4.79 Å². The summed E-state index contributed by atoms with van der Waals surface area (Å²) in [5.74, 6) is -0.280. The molecule has 0 fully saturated rings. The number of amides is 1. The van der Waals surface area contributed by atoms with Gasteiger partial charge in [0.1, 0.15) is 5.88 Å². The molecule has 0 unspecified atom stereocenters. The first-order chi connectivity index (χ1) is 7.77. The topological polar surface area (TPSA) is 29.1 Å². The molecule has 0 spiro atoms. The molecule has 4 heteroatoms. The number of carbonyl (C=O) groups is 1. The van der Waals surface area contributed by atoms with Crippen LogP contribution < -0.4 is 5.32 Å². The van der Waals surface area contributed by atoms with Gasteiger partial charge < -0.3 is 5.32 Å². The van der Waals surface area contributed by atoms with Crippen molar-refractivity contribution in [2.75, 3.05) is 11.2 Å². The molecule has 1 amide bonds. The first-order valence-corrected chi connectivity index (χ1v) is 6.34. The van der Waals surface area contributed by atoms with Crippen molar-refractivity contribution in [1.29, 1.82) is 0 Å². The van der Waals surface area contributed by atoms with Crippen molar-refractivity contribution in [3.63, 3.8) is 0 Å². The third kappa shape index (κ3) is 3.36. The van der Waals surface area contributed by atoms with E-state index in [0.29, 0.717) is 5.02 Å². The molecule has 1 rings (SSSR count). The zero-order valence-corrected chi connectivity index (χ0v) is 12.0. The normalized spacial score (nSPS) is 11.4. The maximum absolute atomic E-state index is 11.4. The number of rotatable bonds is 2. The fourth-order valence-corrected chi connectivity index (χ4v) is 1.87. The Labute approximate surface area is 112 Å². The number of hydrogen-bond acceptors (Lipinski definition) is 1. The Kier molecular flexibility index (Phi) is 4.45. The summed E-state index contributed by atoms with van der Waals surface area (Å²) >= 11 is 11.6. The van der Waals surface area contributed by atoms with Gasteiger partial charge in [0.05, 0.1) is 0 Å². The summed E-state index contributed by atoms with van der Waals surface area (Å²) in [5, 5.41) is 3.46. The largest absolute Gasteiger partial charge is 0.324 e. The Bertz CT molecular complexity index is 436. The lowest BCUT2D eigenvalue weighted by molar-refractivity contribution is -0.113. The fourth-order valence-electron chi connectivity index (χ4n) is 1.65. The third-order valence-electron chi connectivity index (χ3n) is 2.59. The number of halogens is 2. The van der Waals surface area contributed by atoms with Gasteiger partial charge in [0, 0.05) is 10.7 Å². The summed E-state index contributed by atoms with van der Waals surface area (Å²) in [6, 6.07) is 3.80. The number of nitrogens with one attached hydrogen (secondary N) is 1. The average Bonchev–Trinajstić information content (AvgIpc) is 2.22. The minimum atomic E-state index is -0.220. The zero-order valence-electron chi connectivity index (χ0n) is 10.5. The monoisotopic (exact) mass is 273 g/mol. The Morgan fingerprint density at radius 2 is 1.94 bits per heavy atom. The smallest absolute Gasteiger partial charge is 0.239 e. The summed E-state index contributed by atoms with van der Waals surface area (Å²) in [7, 11) is 0. The van der Waals surface area contributed by atoms with E-state index in [2.05, 4.69) is 26.1 Å². The van der Waals surface area contributed by atoms with Gasteiger partial charge in [0.15, 0.2) is 0 Å². The van der Waals surface area contributed by atoms with Crippen molar-refractivity contribution in [3.8, 4) is 0 Å². The van der Waals surface area contributed by atoms with Gasteiger partial charge in [-0.05, 0) is 29.5 Å². The molecule has 1 aromatic carbocycles. The van der Waals surface area contributed by atoms with Crippen molar-refractivity contribution >= 4 is 34.8 Å². The molecule has 0 saturated heterocycles. The lowest BCUT2D eigenvalue weighted by Gasteiger charge is -2.25. The van der Waals surface area contributed by atoms with Crippen LogP contribution in [0.4, 0.5) is 5.69 Å². The highest BCUT2D eigenvalue weighted by Crippen LogP contribution is 2.35. The SMILES string of the molecule is Cc1c(Cl)ccc(C(C)(C)C)c1NC(=O)CCl. The second kappa shape index (κ2) is 5.28. The highest BCUT2D eigenvalue weighted by Gasteiger charge is 2.21. The summed E-state index contributed by atoms with van der Waals surface area (Å²) in [6.45, 7) is 8.16. The molecule has 17 heavy (non-hydrogen) atoms. The first-order valence-electron chi connectivity index (χ1n) is 5.42. The van der Waals surface area contributed by atoms with E-state index in [1.54, 1.807) is 0 Å². The van der Waals surface area contributed by atoms with E-state index in [1.165, 1.54) is 0 Å². The molecule has 0 atom stereocenters. The Balaban J connectivity index is 3.32. The summed E-state index contributed by atoms with van der Waals surface area (Å²) in [4.78, 5) is 11.4. The highest BCUT2D eigenvalue weighted by atomic mass is 35.5. The van der Waals surface area contributed by atoms with Gasteiger partial charge >= 0.3 is 0 Å². The fraction of sp³-hybridized carbons (Fsp3) is 0.462. The quantitative estimate of drug-likeness (QED) is 0.807. The van der Waals surface area contributed by atoms with Crippen LogP contribution in [-0.2, 0) is 10.2 Å². The van der Waals surface area contributed by atoms with E-state index in [0.717, 1.165) is 16.8 Å². The standard InChI is InChI=1S/C13H17Cl2NO/c1-8-10(15)6-5-9(13(2,3)4)12(8)16-11(17)7-14/h5-6H,7H2,1-4H3,(H,16,17). The average molecular weight is 274 g/mol. The molecule has 1 N–H and O–H groups in total. The van der Waals surface area contributed by atoms with Crippen LogP contribution in [0.2, 0.25) is 5.02 Å². The molecule has 0 bridgehead atoms. The van der Waals surface area contributed by atoms with Gasteiger partial charge in [-0.3, -0.25) is 4.79 Å². The van der Waals surface area contributed by atoms with Gasteiger partial charge in [-0.2, -0.15) is 0 Å². The number of hydrogen-bond donors (Lipinski definition) is 1. The predicted octanol–water partition coefficient (Wildman–Crippen LogP) is 4.12. The van der Waals surface area contributed by atoms with Crippen molar-refractivity contribution in [1.82, 2.24) is 0 Å². The lowest BCUT2D eigenvalue weighted by Crippen LogP contribution is -2.20. The molecule has 0 radical (unpaired) electrons. The number of carbonyl (C=O) groups excluding carboxylic acids is 1. The molecule has 0 aliphatic rings. The highest BCUT2D eigenvalue weighted by molar-refractivity contribution is 6.32. The maximum Gasteiger partial charge on any atom is 0.239 e. The van der Waals surface area contributed by atoms with Gasteiger partial charge in [-0.15, -0.1) is 11.6 Å². The summed E-state index contributed by atoms with van der Waals surface area (Å²) in [5.41, 5.74) is 2.63. The van der Waals surface area contributed by atoms with Gasteiger partial charge in [-0.1, -0.05) is 38.4 Å². The Hall–Kier alpha value is -0.730. The molecular weight excluding hydrogens is 257 g/mol.